The summed E-state index contributed by atoms with van der Waals surface area (Å²) in [5.74, 6) is 1.63. The maximum absolute atomic E-state index is 13.7. The zero-order chi connectivity index (χ0) is 19.8. The van der Waals surface area contributed by atoms with E-state index in [0.29, 0.717) is 35.8 Å². The van der Waals surface area contributed by atoms with Crippen molar-refractivity contribution in [1.82, 2.24) is 0 Å². The van der Waals surface area contributed by atoms with E-state index in [0.717, 1.165) is 11.1 Å². The van der Waals surface area contributed by atoms with Gasteiger partial charge < -0.3 is 18.5 Å². The fourth-order valence-corrected chi connectivity index (χ4v) is 5.36. The third-order valence-corrected chi connectivity index (χ3v) is 6.62. The molecule has 4 rings (SSSR count). The first-order chi connectivity index (χ1) is 13.4. The topological polar surface area (TPSA) is 54.0 Å². The molecule has 146 valence electrons. The first-order valence-electron chi connectivity index (χ1n) is 9.14. The summed E-state index contributed by atoms with van der Waals surface area (Å²) in [6.07, 6.45) is 3.72. The van der Waals surface area contributed by atoms with E-state index in [9.17, 15) is 4.57 Å². The number of para-hydroxylation sites is 1. The molecule has 6 heteroatoms. The predicted octanol–water partition coefficient (Wildman–Crippen LogP) is 5.74. The molecule has 5 nitrogen and oxygen atoms in total. The summed E-state index contributed by atoms with van der Waals surface area (Å²) in [5.41, 5.74) is 1.43. The van der Waals surface area contributed by atoms with E-state index >= 15 is 0 Å². The summed E-state index contributed by atoms with van der Waals surface area (Å²) >= 11 is 0. The van der Waals surface area contributed by atoms with Gasteiger partial charge in [-0.2, -0.15) is 0 Å². The van der Waals surface area contributed by atoms with Gasteiger partial charge >= 0.3 is 7.60 Å². The van der Waals surface area contributed by atoms with Gasteiger partial charge in [0, 0.05) is 11.0 Å². The minimum absolute atomic E-state index is 0.195. The van der Waals surface area contributed by atoms with Crippen LogP contribution in [-0.4, -0.2) is 20.3 Å². The normalized spacial score (nSPS) is 21.4. The third-order valence-electron chi connectivity index (χ3n) is 4.66. The van der Waals surface area contributed by atoms with E-state index in [1.165, 1.54) is 0 Å². The Morgan fingerprint density at radius 3 is 2.39 bits per heavy atom. The second-order valence-corrected chi connectivity index (χ2v) is 9.56. The van der Waals surface area contributed by atoms with Crippen LogP contribution < -0.4 is 9.47 Å². The van der Waals surface area contributed by atoms with E-state index in [4.69, 9.17) is 18.5 Å². The molecule has 0 aromatic heterocycles. The lowest BCUT2D eigenvalue weighted by Gasteiger charge is -2.35. The van der Waals surface area contributed by atoms with Crippen molar-refractivity contribution < 1.29 is 23.1 Å². The summed E-state index contributed by atoms with van der Waals surface area (Å²) < 4.78 is 37.0. The van der Waals surface area contributed by atoms with Gasteiger partial charge in [0.25, 0.3) is 0 Å². The lowest BCUT2D eigenvalue weighted by Crippen LogP contribution is -2.29. The van der Waals surface area contributed by atoms with Gasteiger partial charge in [0.15, 0.2) is 11.5 Å². The van der Waals surface area contributed by atoms with Gasteiger partial charge in [0.1, 0.15) is 11.1 Å². The molecular weight excluding hydrogens is 375 g/mol. The van der Waals surface area contributed by atoms with Crippen molar-refractivity contribution >= 4 is 19.0 Å². The predicted molar refractivity (Wildman–Crippen MR) is 109 cm³/mol. The molecule has 1 saturated heterocycles. The standard InChI is InChI=1S/C22H23O5P/c1-22(2)14-25-28(23,26-15-22)21(17-8-5-4-6-9-17)19-13-12-16-10-7-11-18(24-3)20(16)27-19/h4-13H,14-15H2,1-3H3/b21-19+. The summed E-state index contributed by atoms with van der Waals surface area (Å²) in [6.45, 7) is 4.73. The molecule has 0 unspecified atom stereocenters. The fourth-order valence-electron chi connectivity index (χ4n) is 3.13. The van der Waals surface area contributed by atoms with Crippen LogP contribution in [0.15, 0.2) is 60.4 Å². The molecule has 0 atom stereocenters. The van der Waals surface area contributed by atoms with Gasteiger partial charge in [-0.15, -0.1) is 0 Å². The molecule has 2 aromatic rings. The van der Waals surface area contributed by atoms with Crippen LogP contribution in [0.25, 0.3) is 11.4 Å². The van der Waals surface area contributed by atoms with Crippen LogP contribution in [0.2, 0.25) is 0 Å². The minimum Gasteiger partial charge on any atom is -0.493 e. The summed E-state index contributed by atoms with van der Waals surface area (Å²) in [6, 6.07) is 15.1. The summed E-state index contributed by atoms with van der Waals surface area (Å²) in [4.78, 5) is 0. The highest BCUT2D eigenvalue weighted by Crippen LogP contribution is 2.65. The van der Waals surface area contributed by atoms with Crippen molar-refractivity contribution in [3.8, 4) is 11.5 Å². The SMILES string of the molecule is COc1cccc2c1O/C(=C(\c1ccccc1)P1(=O)OCC(C)(C)CO1)C=C2. The minimum atomic E-state index is -3.57. The smallest absolute Gasteiger partial charge is 0.365 e. The molecule has 2 aliphatic rings. The fraction of sp³-hybridized carbons (Fsp3) is 0.273. The van der Waals surface area contributed by atoms with Crippen LogP contribution in [0.1, 0.15) is 25.0 Å². The first kappa shape index (κ1) is 19.0. The third kappa shape index (κ3) is 3.53. The van der Waals surface area contributed by atoms with E-state index in [1.807, 2.05) is 68.5 Å². The molecule has 2 heterocycles. The van der Waals surface area contributed by atoms with Gasteiger partial charge in [-0.25, -0.2) is 0 Å². The first-order valence-corrected chi connectivity index (χ1v) is 10.7. The van der Waals surface area contributed by atoms with Crippen molar-refractivity contribution in [2.24, 2.45) is 5.41 Å². The highest BCUT2D eigenvalue weighted by Gasteiger charge is 2.42. The summed E-state index contributed by atoms with van der Waals surface area (Å²) in [5, 5.41) is 0.427. The van der Waals surface area contributed by atoms with Crippen LogP contribution in [0.4, 0.5) is 0 Å². The van der Waals surface area contributed by atoms with Gasteiger partial charge in [0.2, 0.25) is 0 Å². The van der Waals surface area contributed by atoms with Crippen molar-refractivity contribution in [3.05, 3.63) is 71.5 Å². The molecule has 0 spiro atoms. The van der Waals surface area contributed by atoms with Gasteiger partial charge in [-0.05, 0) is 23.8 Å². The van der Waals surface area contributed by atoms with Crippen molar-refractivity contribution in [3.63, 3.8) is 0 Å². The number of allylic oxidation sites excluding steroid dienone is 1. The Hall–Kier alpha value is -2.33. The molecule has 2 aromatic carbocycles. The Morgan fingerprint density at radius 2 is 1.71 bits per heavy atom. The Bertz CT molecular complexity index is 977. The van der Waals surface area contributed by atoms with Crippen LogP contribution in [0.3, 0.4) is 0 Å². The number of ether oxygens (including phenoxy) is 2. The zero-order valence-corrected chi connectivity index (χ0v) is 17.1. The molecule has 0 bridgehead atoms. The molecule has 0 amide bonds. The molecule has 0 radical (unpaired) electrons. The number of hydrogen-bond donors (Lipinski definition) is 0. The number of fused-ring (bicyclic) bond motifs is 1. The van der Waals surface area contributed by atoms with Gasteiger partial charge in [-0.1, -0.05) is 56.3 Å². The Kier molecular flexibility index (Phi) is 4.92. The van der Waals surface area contributed by atoms with E-state index in [1.54, 1.807) is 13.2 Å². The number of rotatable bonds is 3. The molecule has 0 saturated carbocycles. The number of benzene rings is 2. The maximum Gasteiger partial charge on any atom is 0.365 e. The second kappa shape index (κ2) is 7.25. The quantitative estimate of drug-likeness (QED) is 0.618. The Labute approximate surface area is 165 Å². The molecule has 1 fully saturated rings. The van der Waals surface area contributed by atoms with E-state index in [2.05, 4.69) is 0 Å². The number of methoxy groups -OCH3 is 1. The lowest BCUT2D eigenvalue weighted by atomic mass is 9.97. The average Bonchev–Trinajstić information content (AvgIpc) is 2.71. The molecule has 0 N–H and O–H groups in total. The molecule has 0 aliphatic carbocycles. The Balaban J connectivity index is 1.84. The summed E-state index contributed by atoms with van der Waals surface area (Å²) in [7, 11) is -1.97. The van der Waals surface area contributed by atoms with Crippen LogP contribution in [0.5, 0.6) is 11.5 Å². The van der Waals surface area contributed by atoms with E-state index in [-0.39, 0.29) is 5.41 Å². The van der Waals surface area contributed by atoms with E-state index < -0.39 is 7.60 Å². The maximum atomic E-state index is 13.7. The highest BCUT2D eigenvalue weighted by atomic mass is 31.2. The second-order valence-electron chi connectivity index (χ2n) is 7.60. The molecular formula is C22H23O5P. The molecule has 28 heavy (non-hydrogen) atoms. The highest BCUT2D eigenvalue weighted by molar-refractivity contribution is 7.65. The molecule has 2 aliphatic heterocycles. The van der Waals surface area contributed by atoms with Crippen molar-refractivity contribution in [1.29, 1.82) is 0 Å². The monoisotopic (exact) mass is 398 g/mol. The van der Waals surface area contributed by atoms with Crippen LogP contribution in [0, 0.1) is 5.41 Å². The van der Waals surface area contributed by atoms with Gasteiger partial charge in [0.05, 0.1) is 20.3 Å². The largest absolute Gasteiger partial charge is 0.493 e. The lowest BCUT2D eigenvalue weighted by molar-refractivity contribution is 0.0466. The van der Waals surface area contributed by atoms with Crippen molar-refractivity contribution in [2.75, 3.05) is 20.3 Å². The average molecular weight is 398 g/mol. The van der Waals surface area contributed by atoms with Gasteiger partial charge in [-0.3, -0.25) is 4.57 Å². The Morgan fingerprint density at radius 1 is 1.00 bits per heavy atom. The van der Waals surface area contributed by atoms with Crippen LogP contribution in [-0.2, 0) is 13.6 Å². The van der Waals surface area contributed by atoms with Crippen molar-refractivity contribution in [2.45, 2.75) is 13.8 Å². The zero-order valence-electron chi connectivity index (χ0n) is 16.2. The van der Waals surface area contributed by atoms with Crippen LogP contribution >= 0.6 is 7.60 Å². The number of hydrogen-bond acceptors (Lipinski definition) is 5.